The quantitative estimate of drug-likeness (QED) is 0.294. The van der Waals surface area contributed by atoms with Gasteiger partial charge in [-0.1, -0.05) is 41.9 Å². The molecule has 0 saturated carbocycles. The van der Waals surface area contributed by atoms with E-state index in [0.717, 1.165) is 43.1 Å². The summed E-state index contributed by atoms with van der Waals surface area (Å²) in [4.78, 5) is 14.1. The zero-order valence-electron chi connectivity index (χ0n) is 13.4. The zero-order chi connectivity index (χ0) is 17.7. The summed E-state index contributed by atoms with van der Waals surface area (Å²) in [6, 6.07) is 20.1. The van der Waals surface area contributed by atoms with Crippen molar-refractivity contribution in [2.45, 2.75) is 0 Å². The Morgan fingerprint density at radius 3 is 2.58 bits per heavy atom. The molecule has 0 aliphatic heterocycles. The predicted molar refractivity (Wildman–Crippen MR) is 110 cm³/mol. The van der Waals surface area contributed by atoms with Crippen molar-refractivity contribution >= 4 is 60.4 Å². The van der Waals surface area contributed by atoms with Crippen molar-refractivity contribution < 1.29 is 0 Å². The molecule has 3 nitrogen and oxygen atoms in total. The molecular weight excluding hydrogens is 410 g/mol. The van der Waals surface area contributed by atoms with Crippen LogP contribution < -0.4 is 0 Å². The third-order valence-electron chi connectivity index (χ3n) is 4.44. The summed E-state index contributed by atoms with van der Waals surface area (Å²) in [7, 11) is 0. The van der Waals surface area contributed by atoms with Gasteiger partial charge in [-0.05, 0) is 46.3 Å². The summed E-state index contributed by atoms with van der Waals surface area (Å²) in [6.45, 7) is 0. The third-order valence-corrected chi connectivity index (χ3v) is 5.71. The molecule has 0 saturated heterocycles. The lowest BCUT2D eigenvalue weighted by molar-refractivity contribution is 1.29. The van der Waals surface area contributed by atoms with Gasteiger partial charge in [0.05, 0.1) is 33.5 Å². The van der Waals surface area contributed by atoms with Gasteiger partial charge in [-0.25, -0.2) is 9.97 Å². The first-order chi connectivity index (χ1) is 12.7. The Morgan fingerprint density at radius 1 is 0.808 bits per heavy atom. The topological polar surface area (TPSA) is 38.7 Å². The summed E-state index contributed by atoms with van der Waals surface area (Å²) < 4.78 is 0.809. The van der Waals surface area contributed by atoms with Gasteiger partial charge in [0, 0.05) is 20.8 Å². The Bertz CT molecular complexity index is 1320. The lowest BCUT2D eigenvalue weighted by Gasteiger charge is -2.09. The second-order valence-electron chi connectivity index (χ2n) is 6.04. The highest BCUT2D eigenvalue weighted by Gasteiger charge is 2.11. The molecule has 3 aromatic carbocycles. The van der Waals surface area contributed by atoms with Crippen LogP contribution in [0.4, 0.5) is 0 Å². The summed E-state index contributed by atoms with van der Waals surface area (Å²) in [6.07, 6.45) is 1.79. The van der Waals surface area contributed by atoms with Crippen LogP contribution in [0.25, 0.3) is 44.1 Å². The lowest BCUT2D eigenvalue weighted by Crippen LogP contribution is -1.92. The minimum absolute atomic E-state index is 0.570. The molecule has 0 radical (unpaired) electrons. The van der Waals surface area contributed by atoms with Crippen molar-refractivity contribution in [3.05, 3.63) is 76.4 Å². The molecule has 0 amide bonds. The average Bonchev–Trinajstić information content (AvgIpc) is 2.68. The van der Waals surface area contributed by atoms with E-state index in [0.29, 0.717) is 10.5 Å². The van der Waals surface area contributed by atoms with Crippen LogP contribution in [0.1, 0.15) is 0 Å². The number of rotatable bonds is 1. The molecule has 5 heteroatoms. The third kappa shape index (κ3) is 2.45. The highest BCUT2D eigenvalue weighted by molar-refractivity contribution is 9.10. The zero-order valence-corrected chi connectivity index (χ0v) is 15.8. The summed E-state index contributed by atoms with van der Waals surface area (Å²) in [5.41, 5.74) is 5.14. The number of fused-ring (bicyclic) bond motifs is 3. The van der Waals surface area contributed by atoms with E-state index in [-0.39, 0.29) is 0 Å². The first-order valence-corrected chi connectivity index (χ1v) is 9.27. The second kappa shape index (κ2) is 6.01. The number of pyridine rings is 1. The Hall–Kier alpha value is -2.56. The Balaban J connectivity index is 1.82. The molecule has 0 aliphatic carbocycles. The molecule has 0 aliphatic rings. The van der Waals surface area contributed by atoms with Crippen LogP contribution in [-0.4, -0.2) is 15.0 Å². The van der Waals surface area contributed by atoms with Crippen molar-refractivity contribution in [3.63, 3.8) is 0 Å². The van der Waals surface area contributed by atoms with Crippen LogP contribution in [-0.2, 0) is 0 Å². The average molecular weight is 421 g/mol. The minimum Gasteiger partial charge on any atom is -0.252 e. The maximum Gasteiger partial charge on any atom is 0.109 e. The van der Waals surface area contributed by atoms with Gasteiger partial charge in [0.25, 0.3) is 0 Å². The first kappa shape index (κ1) is 15.7. The maximum atomic E-state index is 6.42. The van der Waals surface area contributed by atoms with Gasteiger partial charge in [-0.3, -0.25) is 4.98 Å². The smallest absolute Gasteiger partial charge is 0.109 e. The van der Waals surface area contributed by atoms with Crippen molar-refractivity contribution in [2.24, 2.45) is 0 Å². The minimum atomic E-state index is 0.570. The fourth-order valence-electron chi connectivity index (χ4n) is 3.17. The number of hydrogen-bond donors (Lipinski definition) is 0. The van der Waals surface area contributed by atoms with Crippen LogP contribution in [0, 0.1) is 0 Å². The molecule has 26 heavy (non-hydrogen) atoms. The monoisotopic (exact) mass is 419 g/mol. The van der Waals surface area contributed by atoms with Gasteiger partial charge >= 0.3 is 0 Å². The number of halogens is 2. The van der Waals surface area contributed by atoms with Crippen LogP contribution >= 0.6 is 27.5 Å². The van der Waals surface area contributed by atoms with E-state index in [1.165, 1.54) is 0 Å². The largest absolute Gasteiger partial charge is 0.252 e. The molecule has 2 aromatic heterocycles. The van der Waals surface area contributed by atoms with Crippen molar-refractivity contribution in [1.82, 2.24) is 15.0 Å². The van der Waals surface area contributed by atoms with Crippen molar-refractivity contribution in [1.29, 1.82) is 0 Å². The molecular formula is C21H11BrClN3. The Morgan fingerprint density at radius 2 is 1.65 bits per heavy atom. The van der Waals surface area contributed by atoms with E-state index in [9.17, 15) is 0 Å². The van der Waals surface area contributed by atoms with E-state index >= 15 is 0 Å². The molecule has 0 unspecified atom stereocenters. The van der Waals surface area contributed by atoms with Gasteiger partial charge in [-0.15, -0.1) is 0 Å². The SMILES string of the molecule is Clc1c(Br)ccc2ncc(-c3cccc4nc5ccccc5cc34)nc12. The molecule has 0 N–H and O–H groups in total. The fourth-order valence-corrected chi connectivity index (χ4v) is 3.69. The van der Waals surface area contributed by atoms with E-state index in [1.54, 1.807) is 6.20 Å². The summed E-state index contributed by atoms with van der Waals surface area (Å²) in [5.74, 6) is 0. The van der Waals surface area contributed by atoms with Crippen LogP contribution in [0.2, 0.25) is 5.02 Å². The van der Waals surface area contributed by atoms with Crippen molar-refractivity contribution in [3.8, 4) is 11.3 Å². The van der Waals surface area contributed by atoms with E-state index in [1.807, 2.05) is 48.5 Å². The molecule has 5 rings (SSSR count). The second-order valence-corrected chi connectivity index (χ2v) is 7.27. The van der Waals surface area contributed by atoms with Gasteiger partial charge in [0.15, 0.2) is 0 Å². The number of hydrogen-bond acceptors (Lipinski definition) is 3. The van der Waals surface area contributed by atoms with Crippen molar-refractivity contribution in [2.75, 3.05) is 0 Å². The summed E-state index contributed by atoms with van der Waals surface area (Å²) >= 11 is 9.87. The van der Waals surface area contributed by atoms with Gasteiger partial charge in [-0.2, -0.15) is 0 Å². The van der Waals surface area contributed by atoms with E-state index in [4.69, 9.17) is 21.6 Å². The molecule has 0 atom stereocenters. The molecule has 2 heterocycles. The molecule has 0 fully saturated rings. The lowest BCUT2D eigenvalue weighted by atomic mass is 10.0. The predicted octanol–water partition coefficient (Wildman–Crippen LogP) is 6.41. The first-order valence-electron chi connectivity index (χ1n) is 8.10. The number of aromatic nitrogens is 3. The van der Waals surface area contributed by atoms with E-state index < -0.39 is 0 Å². The highest BCUT2D eigenvalue weighted by atomic mass is 79.9. The normalized spacial score (nSPS) is 11.5. The van der Waals surface area contributed by atoms with Gasteiger partial charge in [0.1, 0.15) is 5.52 Å². The molecule has 5 aromatic rings. The van der Waals surface area contributed by atoms with Gasteiger partial charge in [0.2, 0.25) is 0 Å². The number of nitrogens with zero attached hydrogens (tertiary/aromatic N) is 3. The fraction of sp³-hybridized carbons (Fsp3) is 0. The number of benzene rings is 3. The van der Waals surface area contributed by atoms with Gasteiger partial charge < -0.3 is 0 Å². The maximum absolute atomic E-state index is 6.42. The van der Waals surface area contributed by atoms with E-state index in [2.05, 4.69) is 33.0 Å². The Labute approximate surface area is 162 Å². The molecule has 124 valence electrons. The van der Waals surface area contributed by atoms with Crippen LogP contribution in [0.5, 0.6) is 0 Å². The highest BCUT2D eigenvalue weighted by Crippen LogP contribution is 2.33. The van der Waals surface area contributed by atoms with Crippen LogP contribution in [0.3, 0.4) is 0 Å². The molecule has 0 spiro atoms. The standard InChI is InChI=1S/C21H11BrClN3/c22-15-8-9-18-21(20(15)23)26-19(11-24-18)13-5-3-7-17-14(13)10-12-4-1-2-6-16(12)25-17/h1-11H. The summed E-state index contributed by atoms with van der Waals surface area (Å²) in [5, 5.41) is 2.72. The molecule has 0 bridgehead atoms. The van der Waals surface area contributed by atoms with Crippen LogP contribution in [0.15, 0.2) is 71.3 Å². The number of para-hydroxylation sites is 1. The Kier molecular flexibility index (Phi) is 3.62.